The molecule has 1 unspecified atom stereocenters. The first-order valence-electron chi connectivity index (χ1n) is 6.86. The van der Waals surface area contributed by atoms with Gasteiger partial charge in [0, 0.05) is 24.4 Å². The number of esters is 1. The fourth-order valence-electron chi connectivity index (χ4n) is 2.07. The van der Waals surface area contributed by atoms with Crippen LogP contribution in [0.25, 0.3) is 0 Å². The summed E-state index contributed by atoms with van der Waals surface area (Å²) in [5.74, 6) is -0.400. The third-order valence-electron chi connectivity index (χ3n) is 3.21. The number of ether oxygens (including phenoxy) is 2. The molecule has 1 aromatic carbocycles. The molecule has 0 aliphatic carbocycles. The first-order chi connectivity index (χ1) is 10.2. The molecule has 1 aliphatic heterocycles. The van der Waals surface area contributed by atoms with Crippen LogP contribution >= 0.6 is 11.8 Å². The van der Waals surface area contributed by atoms with Gasteiger partial charge in [0.2, 0.25) is 5.91 Å². The lowest BCUT2D eigenvalue weighted by molar-refractivity contribution is -0.144. The predicted molar refractivity (Wildman–Crippen MR) is 80.1 cm³/mol. The van der Waals surface area contributed by atoms with E-state index in [1.54, 1.807) is 4.90 Å². The summed E-state index contributed by atoms with van der Waals surface area (Å²) in [4.78, 5) is 26.9. The molecule has 6 heteroatoms. The highest BCUT2D eigenvalue weighted by Crippen LogP contribution is 2.26. The summed E-state index contributed by atoms with van der Waals surface area (Å²) >= 11 is 1.36. The van der Waals surface area contributed by atoms with E-state index in [1.165, 1.54) is 18.9 Å². The highest BCUT2D eigenvalue weighted by molar-refractivity contribution is 8.00. The summed E-state index contributed by atoms with van der Waals surface area (Å²) < 4.78 is 10.0. The summed E-state index contributed by atoms with van der Waals surface area (Å²) in [5, 5.41) is -0.521. The van der Waals surface area contributed by atoms with Gasteiger partial charge in [-0.1, -0.05) is 18.2 Å². The monoisotopic (exact) mass is 309 g/mol. The second-order valence-electron chi connectivity index (χ2n) is 4.64. The lowest BCUT2D eigenvalue weighted by Crippen LogP contribution is -2.42. The number of carbonyl (C=O) groups is 2. The maximum absolute atomic E-state index is 12.3. The molecule has 1 fully saturated rings. The van der Waals surface area contributed by atoms with Crippen LogP contribution in [0, 0.1) is 0 Å². The zero-order valence-electron chi connectivity index (χ0n) is 12.0. The molecule has 2 rings (SSSR count). The molecule has 1 heterocycles. The number of hydrogen-bond donors (Lipinski definition) is 0. The molecule has 0 radical (unpaired) electrons. The molecular formula is C15H19NO4S. The van der Waals surface area contributed by atoms with Gasteiger partial charge < -0.3 is 14.4 Å². The van der Waals surface area contributed by atoms with Crippen molar-refractivity contribution in [3.05, 3.63) is 30.3 Å². The van der Waals surface area contributed by atoms with Gasteiger partial charge in [0.25, 0.3) is 0 Å². The molecule has 5 nitrogen and oxygen atoms in total. The van der Waals surface area contributed by atoms with Crippen molar-refractivity contribution >= 4 is 23.6 Å². The molecule has 0 spiro atoms. The lowest BCUT2D eigenvalue weighted by Gasteiger charge is -2.28. The smallest absolute Gasteiger partial charge is 0.319 e. The normalized spacial score (nSPS) is 16.3. The molecule has 1 aliphatic rings. The zero-order chi connectivity index (χ0) is 15.1. The van der Waals surface area contributed by atoms with Gasteiger partial charge in [-0.15, -0.1) is 11.8 Å². The van der Waals surface area contributed by atoms with E-state index in [0.717, 1.165) is 4.90 Å². The Morgan fingerprint density at radius 3 is 2.57 bits per heavy atom. The van der Waals surface area contributed by atoms with Crippen LogP contribution in [0.15, 0.2) is 35.2 Å². The Hall–Kier alpha value is -1.53. The van der Waals surface area contributed by atoms with Crippen molar-refractivity contribution in [2.45, 2.75) is 16.6 Å². The molecule has 1 saturated heterocycles. The van der Waals surface area contributed by atoms with E-state index in [4.69, 9.17) is 9.47 Å². The Morgan fingerprint density at radius 2 is 1.95 bits per heavy atom. The highest BCUT2D eigenvalue weighted by atomic mass is 32.2. The van der Waals surface area contributed by atoms with Crippen molar-refractivity contribution in [1.82, 2.24) is 4.90 Å². The Bertz CT molecular complexity index is 474. The van der Waals surface area contributed by atoms with Crippen LogP contribution in [-0.2, 0) is 19.1 Å². The standard InChI is InChI=1S/C15H19NO4S/c1-19-15(18)13(21-12-5-3-2-4-6-12)11-14(17)16-7-9-20-10-8-16/h2-6,13H,7-11H2,1H3. The van der Waals surface area contributed by atoms with Gasteiger partial charge >= 0.3 is 5.97 Å². The van der Waals surface area contributed by atoms with E-state index in [2.05, 4.69) is 0 Å². The van der Waals surface area contributed by atoms with Gasteiger partial charge in [0.05, 0.1) is 20.3 Å². The Kier molecular flexibility index (Phi) is 6.07. The number of benzene rings is 1. The largest absolute Gasteiger partial charge is 0.468 e. The number of methoxy groups -OCH3 is 1. The van der Waals surface area contributed by atoms with E-state index in [0.29, 0.717) is 26.3 Å². The summed E-state index contributed by atoms with van der Waals surface area (Å²) in [6.07, 6.45) is 0.145. The van der Waals surface area contributed by atoms with Crippen molar-refractivity contribution in [3.8, 4) is 0 Å². The molecule has 1 amide bonds. The van der Waals surface area contributed by atoms with Gasteiger partial charge in [-0.2, -0.15) is 0 Å². The minimum absolute atomic E-state index is 0.0304. The molecule has 0 bridgehead atoms. The molecule has 0 aromatic heterocycles. The molecular weight excluding hydrogens is 290 g/mol. The van der Waals surface area contributed by atoms with Gasteiger partial charge in [0.1, 0.15) is 5.25 Å². The molecule has 0 saturated carbocycles. The predicted octanol–water partition coefficient (Wildman–Crippen LogP) is 1.57. The first-order valence-corrected chi connectivity index (χ1v) is 7.73. The maximum atomic E-state index is 12.3. The lowest BCUT2D eigenvalue weighted by atomic mass is 10.2. The van der Waals surface area contributed by atoms with E-state index in [-0.39, 0.29) is 18.3 Å². The number of morpholine rings is 1. The number of nitrogens with zero attached hydrogens (tertiary/aromatic N) is 1. The van der Waals surface area contributed by atoms with Crippen LogP contribution in [-0.4, -0.2) is 55.4 Å². The van der Waals surface area contributed by atoms with Crippen LogP contribution in [0.3, 0.4) is 0 Å². The average Bonchev–Trinajstić information content (AvgIpc) is 2.55. The van der Waals surface area contributed by atoms with Gasteiger partial charge in [-0.25, -0.2) is 0 Å². The van der Waals surface area contributed by atoms with E-state index >= 15 is 0 Å². The van der Waals surface area contributed by atoms with Crippen LogP contribution in [0.5, 0.6) is 0 Å². The van der Waals surface area contributed by atoms with Crippen LogP contribution in [0.1, 0.15) is 6.42 Å². The van der Waals surface area contributed by atoms with Crippen LogP contribution < -0.4 is 0 Å². The van der Waals surface area contributed by atoms with E-state index in [9.17, 15) is 9.59 Å². The average molecular weight is 309 g/mol. The van der Waals surface area contributed by atoms with Crippen LogP contribution in [0.2, 0.25) is 0 Å². The molecule has 1 aromatic rings. The number of amides is 1. The summed E-state index contributed by atoms with van der Waals surface area (Å²) in [7, 11) is 1.35. The topological polar surface area (TPSA) is 55.8 Å². The second kappa shape index (κ2) is 8.05. The molecule has 21 heavy (non-hydrogen) atoms. The van der Waals surface area contributed by atoms with E-state index < -0.39 is 5.25 Å². The highest BCUT2D eigenvalue weighted by Gasteiger charge is 2.27. The van der Waals surface area contributed by atoms with Gasteiger partial charge in [-0.3, -0.25) is 9.59 Å². The van der Waals surface area contributed by atoms with Crippen LogP contribution in [0.4, 0.5) is 0 Å². The van der Waals surface area contributed by atoms with Crippen molar-refractivity contribution < 1.29 is 19.1 Å². The SMILES string of the molecule is COC(=O)C(CC(=O)N1CCOCC1)Sc1ccccc1. The molecule has 1 atom stereocenters. The fraction of sp³-hybridized carbons (Fsp3) is 0.467. The molecule has 0 N–H and O–H groups in total. The third-order valence-corrected chi connectivity index (χ3v) is 4.40. The van der Waals surface area contributed by atoms with Gasteiger partial charge in [-0.05, 0) is 12.1 Å². The number of carbonyl (C=O) groups excluding carboxylic acids is 2. The third kappa shape index (κ3) is 4.75. The minimum Gasteiger partial charge on any atom is -0.468 e. The minimum atomic E-state index is -0.521. The fourth-order valence-corrected chi connectivity index (χ4v) is 3.13. The van der Waals surface area contributed by atoms with Crippen molar-refractivity contribution in [2.75, 3.05) is 33.4 Å². The number of thioether (sulfide) groups is 1. The second-order valence-corrected chi connectivity index (χ2v) is 5.92. The Labute approximate surface area is 128 Å². The Morgan fingerprint density at radius 1 is 1.29 bits per heavy atom. The summed E-state index contributed by atoms with van der Waals surface area (Å²) in [6, 6.07) is 9.55. The Balaban J connectivity index is 1.99. The van der Waals surface area contributed by atoms with Crippen molar-refractivity contribution in [3.63, 3.8) is 0 Å². The van der Waals surface area contributed by atoms with E-state index in [1.807, 2.05) is 30.3 Å². The zero-order valence-corrected chi connectivity index (χ0v) is 12.8. The number of hydrogen-bond acceptors (Lipinski definition) is 5. The van der Waals surface area contributed by atoms with Crippen molar-refractivity contribution in [1.29, 1.82) is 0 Å². The quantitative estimate of drug-likeness (QED) is 0.610. The summed E-state index contributed by atoms with van der Waals surface area (Å²) in [5.41, 5.74) is 0. The van der Waals surface area contributed by atoms with Gasteiger partial charge in [0.15, 0.2) is 0 Å². The molecule has 114 valence electrons. The summed E-state index contributed by atoms with van der Waals surface area (Å²) in [6.45, 7) is 2.28. The maximum Gasteiger partial charge on any atom is 0.319 e. The van der Waals surface area contributed by atoms with Crippen molar-refractivity contribution in [2.24, 2.45) is 0 Å². The first kappa shape index (κ1) is 15.9. The number of rotatable bonds is 5.